The molecule has 3 rings (SSSR count). The SMILES string of the molecule is COC(=O)[C@H]1CCCc2nn(Cc3ccc(OC)cc3)c(=O)n21. The Hall–Kier alpha value is -2.57. The first-order valence-corrected chi connectivity index (χ1v) is 7.53. The number of aromatic nitrogens is 3. The van der Waals surface area contributed by atoms with Crippen LogP contribution in [0.1, 0.15) is 30.3 Å². The summed E-state index contributed by atoms with van der Waals surface area (Å²) in [6.07, 6.45) is 2.12. The third-order valence-corrected chi connectivity index (χ3v) is 4.10. The Balaban J connectivity index is 1.91. The Morgan fingerprint density at radius 3 is 2.70 bits per heavy atom. The average molecular weight is 317 g/mol. The molecule has 0 fully saturated rings. The number of fused-ring (bicyclic) bond motifs is 1. The average Bonchev–Trinajstić information content (AvgIpc) is 2.91. The third kappa shape index (κ3) is 2.86. The van der Waals surface area contributed by atoms with Crippen molar-refractivity contribution in [2.24, 2.45) is 0 Å². The minimum Gasteiger partial charge on any atom is -0.497 e. The highest BCUT2D eigenvalue weighted by molar-refractivity contribution is 5.74. The van der Waals surface area contributed by atoms with E-state index in [4.69, 9.17) is 9.47 Å². The van der Waals surface area contributed by atoms with Gasteiger partial charge in [0.2, 0.25) is 0 Å². The van der Waals surface area contributed by atoms with Gasteiger partial charge < -0.3 is 9.47 Å². The predicted molar refractivity (Wildman–Crippen MR) is 82.6 cm³/mol. The molecule has 0 bridgehead atoms. The molecule has 0 aliphatic carbocycles. The summed E-state index contributed by atoms with van der Waals surface area (Å²) in [7, 11) is 2.94. The van der Waals surface area contributed by atoms with E-state index in [0.29, 0.717) is 25.2 Å². The largest absolute Gasteiger partial charge is 0.497 e. The van der Waals surface area contributed by atoms with Crippen molar-refractivity contribution in [2.45, 2.75) is 31.8 Å². The van der Waals surface area contributed by atoms with Gasteiger partial charge in [0, 0.05) is 6.42 Å². The van der Waals surface area contributed by atoms with Gasteiger partial charge in [-0.25, -0.2) is 14.3 Å². The van der Waals surface area contributed by atoms with E-state index >= 15 is 0 Å². The fraction of sp³-hybridized carbons (Fsp3) is 0.438. The molecule has 7 nitrogen and oxygen atoms in total. The quantitative estimate of drug-likeness (QED) is 0.791. The van der Waals surface area contributed by atoms with Crippen LogP contribution in [0.2, 0.25) is 0 Å². The molecule has 0 spiro atoms. The van der Waals surface area contributed by atoms with E-state index < -0.39 is 12.0 Å². The van der Waals surface area contributed by atoms with Crippen molar-refractivity contribution < 1.29 is 14.3 Å². The predicted octanol–water partition coefficient (Wildman–Crippen LogP) is 1.15. The molecule has 0 saturated carbocycles. The number of esters is 1. The first-order chi connectivity index (χ1) is 11.1. The van der Waals surface area contributed by atoms with Gasteiger partial charge in [0.1, 0.15) is 17.6 Å². The van der Waals surface area contributed by atoms with Crippen molar-refractivity contribution in [1.29, 1.82) is 0 Å². The number of carbonyl (C=O) groups is 1. The molecule has 1 aliphatic rings. The number of ether oxygens (including phenoxy) is 2. The molecule has 1 aliphatic heterocycles. The van der Waals surface area contributed by atoms with Gasteiger partial charge in [-0.3, -0.25) is 4.57 Å². The standard InChI is InChI=1S/C16H19N3O4/c1-22-12-8-6-11(7-9-12)10-18-16(21)19-13(15(20)23-2)4-3-5-14(19)17-18/h6-9,13H,3-5,10H2,1-2H3/t13-/m1/s1. The lowest BCUT2D eigenvalue weighted by atomic mass is 10.1. The lowest BCUT2D eigenvalue weighted by Gasteiger charge is -2.20. The van der Waals surface area contributed by atoms with Crippen LogP contribution < -0.4 is 10.4 Å². The summed E-state index contributed by atoms with van der Waals surface area (Å²) >= 11 is 0. The zero-order chi connectivity index (χ0) is 16.4. The van der Waals surface area contributed by atoms with Crippen molar-refractivity contribution in [2.75, 3.05) is 14.2 Å². The van der Waals surface area contributed by atoms with Gasteiger partial charge in [-0.05, 0) is 30.5 Å². The maximum atomic E-state index is 12.6. The highest BCUT2D eigenvalue weighted by Gasteiger charge is 2.31. The van der Waals surface area contributed by atoms with Crippen LogP contribution in [-0.2, 0) is 22.5 Å². The number of nitrogens with zero attached hydrogens (tertiary/aromatic N) is 3. The van der Waals surface area contributed by atoms with Gasteiger partial charge in [0.25, 0.3) is 0 Å². The van der Waals surface area contributed by atoms with Crippen LogP contribution in [0.3, 0.4) is 0 Å². The summed E-state index contributed by atoms with van der Waals surface area (Å²) in [5.74, 6) is 1.01. The number of methoxy groups -OCH3 is 2. The number of rotatable bonds is 4. The summed E-state index contributed by atoms with van der Waals surface area (Å²) < 4.78 is 12.8. The summed E-state index contributed by atoms with van der Waals surface area (Å²) in [5.41, 5.74) is 0.670. The fourth-order valence-corrected chi connectivity index (χ4v) is 2.90. The summed E-state index contributed by atoms with van der Waals surface area (Å²) in [4.78, 5) is 24.5. The van der Waals surface area contributed by atoms with Crippen molar-refractivity contribution >= 4 is 5.97 Å². The van der Waals surface area contributed by atoms with Gasteiger partial charge in [0.15, 0.2) is 0 Å². The second-order valence-electron chi connectivity index (χ2n) is 5.51. The van der Waals surface area contributed by atoms with Crippen LogP contribution in [0.15, 0.2) is 29.1 Å². The Kier molecular flexibility index (Phi) is 4.18. The van der Waals surface area contributed by atoms with Crippen molar-refractivity contribution in [3.05, 3.63) is 46.1 Å². The van der Waals surface area contributed by atoms with E-state index in [1.54, 1.807) is 7.11 Å². The monoisotopic (exact) mass is 317 g/mol. The topological polar surface area (TPSA) is 75.3 Å². The van der Waals surface area contributed by atoms with E-state index in [-0.39, 0.29) is 5.69 Å². The molecule has 23 heavy (non-hydrogen) atoms. The van der Waals surface area contributed by atoms with Crippen molar-refractivity contribution in [1.82, 2.24) is 14.3 Å². The highest BCUT2D eigenvalue weighted by Crippen LogP contribution is 2.23. The van der Waals surface area contributed by atoms with Gasteiger partial charge >= 0.3 is 11.7 Å². The minimum atomic E-state index is -0.569. The molecular formula is C16H19N3O4. The van der Waals surface area contributed by atoms with Crippen molar-refractivity contribution in [3.63, 3.8) is 0 Å². The summed E-state index contributed by atoms with van der Waals surface area (Å²) in [6, 6.07) is 6.89. The fourth-order valence-electron chi connectivity index (χ4n) is 2.90. The van der Waals surface area contributed by atoms with E-state index in [1.165, 1.54) is 16.4 Å². The molecule has 0 amide bonds. The van der Waals surface area contributed by atoms with Gasteiger partial charge in [-0.15, -0.1) is 0 Å². The molecule has 0 radical (unpaired) electrons. The molecule has 0 unspecified atom stereocenters. The molecule has 0 N–H and O–H groups in total. The van der Waals surface area contributed by atoms with Crippen LogP contribution in [-0.4, -0.2) is 34.5 Å². The smallest absolute Gasteiger partial charge is 0.347 e. The van der Waals surface area contributed by atoms with E-state index in [0.717, 1.165) is 17.7 Å². The zero-order valence-corrected chi connectivity index (χ0v) is 13.2. The second-order valence-corrected chi connectivity index (χ2v) is 5.51. The normalized spacial score (nSPS) is 16.7. The number of hydrogen-bond acceptors (Lipinski definition) is 5. The lowest BCUT2D eigenvalue weighted by molar-refractivity contribution is -0.145. The lowest BCUT2D eigenvalue weighted by Crippen LogP contribution is -2.35. The maximum absolute atomic E-state index is 12.6. The molecule has 2 heterocycles. The third-order valence-electron chi connectivity index (χ3n) is 4.10. The molecule has 1 aromatic carbocycles. The molecule has 0 saturated heterocycles. The molecular weight excluding hydrogens is 298 g/mol. The minimum absolute atomic E-state index is 0.272. The first-order valence-electron chi connectivity index (χ1n) is 7.53. The van der Waals surface area contributed by atoms with E-state index in [9.17, 15) is 9.59 Å². The first kappa shape index (κ1) is 15.3. The summed E-state index contributed by atoms with van der Waals surface area (Å²) in [5, 5.41) is 4.38. The van der Waals surface area contributed by atoms with E-state index in [1.807, 2.05) is 24.3 Å². The Labute approximate surface area is 133 Å². The number of carbonyl (C=O) groups excluding carboxylic acids is 1. The van der Waals surface area contributed by atoms with Gasteiger partial charge in [-0.1, -0.05) is 12.1 Å². The molecule has 7 heteroatoms. The van der Waals surface area contributed by atoms with Crippen LogP contribution in [0.5, 0.6) is 5.75 Å². The Morgan fingerprint density at radius 1 is 1.30 bits per heavy atom. The molecule has 1 atom stereocenters. The summed E-state index contributed by atoms with van der Waals surface area (Å²) in [6.45, 7) is 0.358. The molecule has 122 valence electrons. The highest BCUT2D eigenvalue weighted by atomic mass is 16.5. The Bertz CT molecular complexity index is 761. The van der Waals surface area contributed by atoms with Gasteiger partial charge in [0.05, 0.1) is 20.8 Å². The van der Waals surface area contributed by atoms with Crippen LogP contribution >= 0.6 is 0 Å². The van der Waals surface area contributed by atoms with E-state index in [2.05, 4.69) is 5.10 Å². The van der Waals surface area contributed by atoms with Crippen LogP contribution in [0.25, 0.3) is 0 Å². The maximum Gasteiger partial charge on any atom is 0.347 e. The van der Waals surface area contributed by atoms with Crippen molar-refractivity contribution in [3.8, 4) is 5.75 Å². The second kappa shape index (κ2) is 6.28. The number of benzene rings is 1. The van der Waals surface area contributed by atoms with Crippen LogP contribution in [0, 0.1) is 0 Å². The molecule has 1 aromatic heterocycles. The Morgan fingerprint density at radius 2 is 2.04 bits per heavy atom. The van der Waals surface area contributed by atoms with Gasteiger partial charge in [-0.2, -0.15) is 5.10 Å². The van der Waals surface area contributed by atoms with Crippen LogP contribution in [0.4, 0.5) is 0 Å². The number of aryl methyl sites for hydroxylation is 1. The number of hydrogen-bond donors (Lipinski definition) is 0. The molecule has 2 aromatic rings. The zero-order valence-electron chi connectivity index (χ0n) is 13.2.